The monoisotopic (exact) mass is 565 g/mol. The molecule has 40 heavy (non-hydrogen) atoms. The zero-order valence-electron chi connectivity index (χ0n) is 23.8. The molecule has 2 amide bonds. The zero-order chi connectivity index (χ0) is 29.3. The van der Waals surface area contributed by atoms with Gasteiger partial charge in [0.05, 0.1) is 17.7 Å². The molecule has 0 radical (unpaired) electrons. The number of anilines is 1. The van der Waals surface area contributed by atoms with Crippen LogP contribution in [0.15, 0.2) is 83.8 Å². The number of benzene rings is 3. The maximum Gasteiger partial charge on any atom is 0.264 e. The molecule has 3 aromatic rings. The average molecular weight is 566 g/mol. The number of nitrogens with one attached hydrogen (secondary N) is 1. The molecular weight excluding hydrogens is 526 g/mol. The molecule has 0 aliphatic carbocycles. The summed E-state index contributed by atoms with van der Waals surface area (Å²) in [7, 11) is -2.59. The molecule has 2 atom stereocenters. The highest BCUT2D eigenvalue weighted by molar-refractivity contribution is 7.92. The van der Waals surface area contributed by atoms with Crippen molar-refractivity contribution in [3.63, 3.8) is 0 Å². The molecular formula is C31H39N3O5S. The van der Waals surface area contributed by atoms with E-state index in [-0.39, 0.29) is 23.4 Å². The third-order valence-electron chi connectivity index (χ3n) is 6.83. The van der Waals surface area contributed by atoms with Crippen molar-refractivity contribution in [2.45, 2.75) is 64.1 Å². The summed E-state index contributed by atoms with van der Waals surface area (Å²) in [6.07, 6.45) is 1.11. The van der Waals surface area contributed by atoms with Crippen molar-refractivity contribution in [1.82, 2.24) is 10.2 Å². The van der Waals surface area contributed by atoms with Gasteiger partial charge in [-0.3, -0.25) is 13.9 Å². The lowest BCUT2D eigenvalue weighted by Crippen LogP contribution is -2.53. The highest BCUT2D eigenvalue weighted by Crippen LogP contribution is 2.26. The van der Waals surface area contributed by atoms with Crippen LogP contribution in [-0.4, -0.2) is 50.9 Å². The van der Waals surface area contributed by atoms with E-state index < -0.39 is 28.5 Å². The van der Waals surface area contributed by atoms with E-state index in [9.17, 15) is 18.0 Å². The summed E-state index contributed by atoms with van der Waals surface area (Å²) < 4.78 is 34.0. The van der Waals surface area contributed by atoms with Crippen molar-refractivity contribution >= 4 is 27.5 Å². The number of ether oxygens (including phenoxy) is 1. The first-order valence-electron chi connectivity index (χ1n) is 13.5. The molecule has 3 aromatic carbocycles. The molecule has 0 heterocycles. The van der Waals surface area contributed by atoms with E-state index in [1.165, 1.54) is 24.1 Å². The van der Waals surface area contributed by atoms with Gasteiger partial charge in [0.25, 0.3) is 10.0 Å². The number of hydrogen-bond acceptors (Lipinski definition) is 5. The van der Waals surface area contributed by atoms with Crippen molar-refractivity contribution in [2.24, 2.45) is 0 Å². The molecule has 0 bridgehead atoms. The number of hydrogen-bond donors (Lipinski definition) is 1. The summed E-state index contributed by atoms with van der Waals surface area (Å²) >= 11 is 0. The van der Waals surface area contributed by atoms with Crippen molar-refractivity contribution in [2.75, 3.05) is 18.0 Å². The van der Waals surface area contributed by atoms with E-state index in [1.807, 2.05) is 52.0 Å². The Bertz CT molecular complexity index is 1360. The largest absolute Gasteiger partial charge is 0.497 e. The SMILES string of the molecule is CC[C@@H](C)NC(=O)[C@H](CC)N(Cc1ccc(C)cc1)C(=O)CN(c1ccc(OC)cc1)S(=O)(=O)c1ccccc1. The van der Waals surface area contributed by atoms with Gasteiger partial charge in [0.2, 0.25) is 11.8 Å². The quantitative estimate of drug-likeness (QED) is 0.317. The van der Waals surface area contributed by atoms with Crippen LogP contribution in [0.2, 0.25) is 0 Å². The molecule has 0 unspecified atom stereocenters. The van der Waals surface area contributed by atoms with Gasteiger partial charge in [-0.05, 0) is 68.7 Å². The Morgan fingerprint density at radius 1 is 0.900 bits per heavy atom. The summed E-state index contributed by atoms with van der Waals surface area (Å²) in [4.78, 5) is 28.9. The van der Waals surface area contributed by atoms with Gasteiger partial charge in [-0.25, -0.2) is 8.42 Å². The van der Waals surface area contributed by atoms with Crippen LogP contribution in [-0.2, 0) is 26.2 Å². The first-order chi connectivity index (χ1) is 19.1. The second-order valence-corrected chi connectivity index (χ2v) is 11.6. The van der Waals surface area contributed by atoms with Crippen LogP contribution >= 0.6 is 0 Å². The number of rotatable bonds is 13. The molecule has 0 fully saturated rings. The smallest absolute Gasteiger partial charge is 0.264 e. The van der Waals surface area contributed by atoms with Crippen molar-refractivity contribution in [3.05, 3.63) is 90.0 Å². The fraction of sp³-hybridized carbons (Fsp3) is 0.355. The number of nitrogens with zero attached hydrogens (tertiary/aromatic N) is 2. The van der Waals surface area contributed by atoms with Crippen LogP contribution in [0.4, 0.5) is 5.69 Å². The van der Waals surface area contributed by atoms with Crippen molar-refractivity contribution in [1.29, 1.82) is 0 Å². The Morgan fingerprint density at radius 3 is 2.08 bits per heavy atom. The Hall–Kier alpha value is -3.85. The van der Waals surface area contributed by atoms with Crippen LogP contribution in [0.1, 0.15) is 44.7 Å². The first-order valence-corrected chi connectivity index (χ1v) is 14.9. The molecule has 1 N–H and O–H groups in total. The predicted molar refractivity (Wildman–Crippen MR) is 158 cm³/mol. The van der Waals surface area contributed by atoms with Gasteiger partial charge in [-0.2, -0.15) is 0 Å². The van der Waals surface area contributed by atoms with Crippen LogP contribution in [0.5, 0.6) is 5.75 Å². The number of sulfonamides is 1. The van der Waals surface area contributed by atoms with Gasteiger partial charge in [0.1, 0.15) is 18.3 Å². The Labute approximate surface area is 238 Å². The molecule has 0 spiro atoms. The standard InChI is InChI=1S/C31H39N3O5S/c1-6-24(4)32-31(36)29(7-2)33(21-25-15-13-23(3)14-16-25)30(35)22-34(26-17-19-27(39-5)20-18-26)40(37,38)28-11-9-8-10-12-28/h8-20,24,29H,6-7,21-22H2,1-5H3,(H,32,36)/t24-,29+/m1/s1. The summed E-state index contributed by atoms with van der Waals surface area (Å²) in [5, 5.41) is 2.99. The van der Waals surface area contributed by atoms with Crippen LogP contribution < -0.4 is 14.4 Å². The average Bonchev–Trinajstić information content (AvgIpc) is 2.97. The fourth-order valence-electron chi connectivity index (χ4n) is 4.25. The number of aryl methyl sites for hydroxylation is 1. The molecule has 0 saturated carbocycles. The zero-order valence-corrected chi connectivity index (χ0v) is 24.6. The van der Waals surface area contributed by atoms with E-state index in [0.717, 1.165) is 21.9 Å². The molecule has 0 aliphatic heterocycles. The molecule has 0 aromatic heterocycles. The highest BCUT2D eigenvalue weighted by atomic mass is 32.2. The topological polar surface area (TPSA) is 96.0 Å². The minimum absolute atomic E-state index is 0.0604. The summed E-state index contributed by atoms with van der Waals surface area (Å²) in [5.74, 6) is -0.192. The Morgan fingerprint density at radius 2 is 1.52 bits per heavy atom. The fourth-order valence-corrected chi connectivity index (χ4v) is 5.68. The molecule has 9 heteroatoms. The van der Waals surface area contributed by atoms with Gasteiger partial charge in [-0.15, -0.1) is 0 Å². The van der Waals surface area contributed by atoms with Crippen molar-refractivity contribution in [3.8, 4) is 5.75 Å². The molecule has 0 saturated heterocycles. The number of carbonyl (C=O) groups is 2. The third kappa shape index (κ3) is 7.63. The highest BCUT2D eigenvalue weighted by Gasteiger charge is 2.34. The molecule has 0 aliphatic rings. The van der Waals surface area contributed by atoms with E-state index in [2.05, 4.69) is 5.32 Å². The maximum atomic E-state index is 14.1. The molecule has 3 rings (SSSR count). The van der Waals surface area contributed by atoms with Crippen molar-refractivity contribution < 1.29 is 22.7 Å². The lowest BCUT2D eigenvalue weighted by atomic mass is 10.1. The molecule has 214 valence electrons. The minimum atomic E-state index is -4.11. The second kappa shape index (κ2) is 14.0. The van der Waals surface area contributed by atoms with Gasteiger partial charge >= 0.3 is 0 Å². The Kier molecular flexibility index (Phi) is 10.7. The second-order valence-electron chi connectivity index (χ2n) is 9.77. The lowest BCUT2D eigenvalue weighted by molar-refractivity contribution is -0.140. The summed E-state index contributed by atoms with van der Waals surface area (Å²) in [6.45, 7) is 7.38. The number of amides is 2. The molecule has 8 nitrogen and oxygen atoms in total. The summed E-state index contributed by atoms with van der Waals surface area (Å²) in [5.41, 5.74) is 2.23. The van der Waals surface area contributed by atoms with Crippen LogP contribution in [0, 0.1) is 6.92 Å². The van der Waals surface area contributed by atoms with E-state index in [0.29, 0.717) is 17.9 Å². The maximum absolute atomic E-state index is 14.1. The summed E-state index contributed by atoms with van der Waals surface area (Å²) in [6, 6.07) is 21.4. The Balaban J connectivity index is 2.04. The number of methoxy groups -OCH3 is 1. The minimum Gasteiger partial charge on any atom is -0.497 e. The van der Waals surface area contributed by atoms with Crippen LogP contribution in [0.3, 0.4) is 0 Å². The van der Waals surface area contributed by atoms with Gasteiger partial charge < -0.3 is 15.0 Å². The first kappa shape index (κ1) is 30.7. The van der Waals surface area contributed by atoms with E-state index in [1.54, 1.807) is 42.5 Å². The lowest BCUT2D eigenvalue weighted by Gasteiger charge is -2.33. The third-order valence-corrected chi connectivity index (χ3v) is 8.62. The van der Waals surface area contributed by atoms with Gasteiger partial charge in [0.15, 0.2) is 0 Å². The van der Waals surface area contributed by atoms with E-state index in [4.69, 9.17) is 4.74 Å². The van der Waals surface area contributed by atoms with Gasteiger partial charge in [0, 0.05) is 12.6 Å². The van der Waals surface area contributed by atoms with E-state index >= 15 is 0 Å². The van der Waals surface area contributed by atoms with Crippen LogP contribution in [0.25, 0.3) is 0 Å². The van der Waals surface area contributed by atoms with Gasteiger partial charge in [-0.1, -0.05) is 61.9 Å². The normalized spacial score (nSPS) is 12.7. The predicted octanol–water partition coefficient (Wildman–Crippen LogP) is 4.92. The number of carbonyl (C=O) groups excluding carboxylic acids is 2.